The number of rotatable bonds is 6. The molecular formula is C26H30N8O2. The fourth-order valence-electron chi connectivity index (χ4n) is 4.77. The second-order valence-electron chi connectivity index (χ2n) is 9.16. The van der Waals surface area contributed by atoms with Crippen molar-refractivity contribution in [3.05, 3.63) is 54.1 Å². The number of anilines is 3. The average Bonchev–Trinajstić information content (AvgIpc) is 3.28. The number of hydrogen-bond acceptors (Lipinski definition) is 8. The molecule has 0 radical (unpaired) electrons. The number of fused-ring (bicyclic) bond motifs is 1. The Balaban J connectivity index is 1.40. The first-order valence-electron chi connectivity index (χ1n) is 12.0. The minimum atomic E-state index is -0.144. The summed E-state index contributed by atoms with van der Waals surface area (Å²) >= 11 is 0. The Morgan fingerprint density at radius 3 is 2.75 bits per heavy atom. The van der Waals surface area contributed by atoms with Gasteiger partial charge in [0.1, 0.15) is 11.6 Å². The Bertz CT molecular complexity index is 1390. The van der Waals surface area contributed by atoms with Gasteiger partial charge in [0.25, 0.3) is 0 Å². The molecule has 10 nitrogen and oxygen atoms in total. The van der Waals surface area contributed by atoms with Crippen molar-refractivity contribution in [3.8, 4) is 17.0 Å². The van der Waals surface area contributed by atoms with Crippen LogP contribution in [0.25, 0.3) is 22.2 Å². The van der Waals surface area contributed by atoms with Gasteiger partial charge in [-0.05, 0) is 37.5 Å². The zero-order chi connectivity index (χ0) is 25.2. The van der Waals surface area contributed by atoms with Crippen molar-refractivity contribution in [3.63, 3.8) is 0 Å². The highest BCUT2D eigenvalue weighted by atomic mass is 16.5. The lowest BCUT2D eigenvalue weighted by molar-refractivity contribution is -0.125. The summed E-state index contributed by atoms with van der Waals surface area (Å²) in [5, 5.41) is 10.8. The van der Waals surface area contributed by atoms with Crippen LogP contribution < -0.4 is 26.4 Å². The third-order valence-corrected chi connectivity index (χ3v) is 6.76. The third kappa shape index (κ3) is 4.61. The molecule has 0 saturated carbocycles. The van der Waals surface area contributed by atoms with Crippen LogP contribution in [-0.2, 0) is 11.3 Å². The minimum Gasteiger partial charge on any atom is -0.496 e. The molecule has 10 heteroatoms. The first-order valence-corrected chi connectivity index (χ1v) is 12.0. The molecular weight excluding hydrogens is 456 g/mol. The van der Waals surface area contributed by atoms with Crippen LogP contribution in [0.15, 0.2) is 48.5 Å². The van der Waals surface area contributed by atoms with Crippen molar-refractivity contribution in [2.24, 2.45) is 5.92 Å². The maximum Gasteiger partial charge on any atom is 0.225 e. The number of nitrogen functional groups attached to an aromatic ring is 2. The van der Waals surface area contributed by atoms with Crippen LogP contribution in [0.3, 0.4) is 0 Å². The van der Waals surface area contributed by atoms with Crippen LogP contribution >= 0.6 is 0 Å². The molecule has 2 atom stereocenters. The minimum absolute atomic E-state index is 0.0463. The molecule has 0 unspecified atom stereocenters. The van der Waals surface area contributed by atoms with Crippen LogP contribution in [0, 0.1) is 5.92 Å². The Morgan fingerprint density at radius 1 is 1.17 bits per heavy atom. The van der Waals surface area contributed by atoms with Crippen LogP contribution in [0.1, 0.15) is 25.3 Å². The van der Waals surface area contributed by atoms with Gasteiger partial charge < -0.3 is 26.4 Å². The zero-order valence-corrected chi connectivity index (χ0v) is 20.4. The molecule has 2 aromatic heterocycles. The number of amides is 1. The van der Waals surface area contributed by atoms with Gasteiger partial charge in [0, 0.05) is 30.8 Å². The van der Waals surface area contributed by atoms with Gasteiger partial charge in [-0.2, -0.15) is 10.1 Å². The summed E-state index contributed by atoms with van der Waals surface area (Å²) in [5.74, 6) is 1.71. The summed E-state index contributed by atoms with van der Waals surface area (Å²) in [7, 11) is 1.59. The molecule has 186 valence electrons. The summed E-state index contributed by atoms with van der Waals surface area (Å²) < 4.78 is 5.55. The van der Waals surface area contributed by atoms with Crippen molar-refractivity contribution >= 4 is 34.4 Å². The molecule has 1 amide bonds. The molecule has 0 bridgehead atoms. The lowest BCUT2D eigenvalue weighted by Gasteiger charge is -2.38. The number of piperidine rings is 1. The average molecular weight is 487 g/mol. The standard InChI is InChI=1S/C26H30N8O2/c1-15-8-9-17(25(35)29-13-16-6-4-3-5-7-16)14-34(15)22-12-19(30-26(28)31-22)18-10-20-23(21(11-18)36-2)24(27)33-32-20/h3-7,10-12,15,17H,8-9,13-14H2,1-2H3,(H,29,35)(H3,27,32,33)(H2,28,30,31)/t15-,17+/m1/s1. The fraction of sp³-hybridized carbons (Fsp3) is 0.308. The van der Waals surface area contributed by atoms with E-state index in [0.29, 0.717) is 36.2 Å². The van der Waals surface area contributed by atoms with Crippen LogP contribution in [-0.4, -0.2) is 45.8 Å². The SMILES string of the molecule is COc1cc(-c2cc(N3C[C@@H](C(=O)NCc4ccccc4)CC[C@H]3C)nc(N)n2)cc2[nH]nc(N)c12. The van der Waals surface area contributed by atoms with E-state index in [1.54, 1.807) is 7.11 Å². The number of methoxy groups -OCH3 is 1. The monoisotopic (exact) mass is 486 g/mol. The highest BCUT2D eigenvalue weighted by Gasteiger charge is 2.31. The normalized spacial score (nSPS) is 17.8. The molecule has 1 saturated heterocycles. The van der Waals surface area contributed by atoms with E-state index in [2.05, 4.69) is 37.3 Å². The topological polar surface area (TPSA) is 148 Å². The molecule has 2 aromatic carbocycles. The number of ether oxygens (including phenoxy) is 1. The zero-order valence-electron chi connectivity index (χ0n) is 20.4. The largest absolute Gasteiger partial charge is 0.496 e. The molecule has 1 aliphatic heterocycles. The number of carbonyl (C=O) groups excluding carboxylic acids is 1. The lowest BCUT2D eigenvalue weighted by Crippen LogP contribution is -2.47. The van der Waals surface area contributed by atoms with Crippen molar-refractivity contribution in [1.82, 2.24) is 25.5 Å². The fourth-order valence-corrected chi connectivity index (χ4v) is 4.77. The number of nitrogens with zero attached hydrogens (tertiary/aromatic N) is 4. The number of carbonyl (C=O) groups is 1. The highest BCUT2D eigenvalue weighted by molar-refractivity contribution is 5.97. The molecule has 4 aromatic rings. The second kappa shape index (κ2) is 9.73. The van der Waals surface area contributed by atoms with Gasteiger partial charge in [0.05, 0.1) is 29.6 Å². The summed E-state index contributed by atoms with van der Waals surface area (Å²) in [6, 6.07) is 15.8. The quantitative estimate of drug-likeness (QED) is 0.325. The molecule has 1 aliphatic rings. The maximum atomic E-state index is 13.0. The van der Waals surface area contributed by atoms with Gasteiger partial charge in [0.2, 0.25) is 11.9 Å². The van der Waals surface area contributed by atoms with Gasteiger partial charge in [-0.25, -0.2) is 4.98 Å². The number of H-pyrrole nitrogens is 1. The van der Waals surface area contributed by atoms with Gasteiger partial charge in [-0.3, -0.25) is 9.89 Å². The number of nitrogens with two attached hydrogens (primary N) is 2. The molecule has 0 aliphatic carbocycles. The van der Waals surface area contributed by atoms with Crippen LogP contribution in [0.2, 0.25) is 0 Å². The van der Waals surface area contributed by atoms with Crippen molar-refractivity contribution in [2.45, 2.75) is 32.4 Å². The smallest absolute Gasteiger partial charge is 0.225 e. The first-order chi connectivity index (χ1) is 17.4. The molecule has 0 spiro atoms. The van der Waals surface area contributed by atoms with E-state index in [-0.39, 0.29) is 23.8 Å². The predicted molar refractivity (Wildman–Crippen MR) is 140 cm³/mol. The highest BCUT2D eigenvalue weighted by Crippen LogP contribution is 2.35. The molecule has 5 rings (SSSR count). The number of nitrogens with one attached hydrogen (secondary N) is 2. The number of aromatic amines is 1. The van der Waals surface area contributed by atoms with Gasteiger partial charge in [-0.1, -0.05) is 30.3 Å². The number of aromatic nitrogens is 4. The van der Waals surface area contributed by atoms with E-state index >= 15 is 0 Å². The molecule has 1 fully saturated rings. The van der Waals surface area contributed by atoms with Crippen LogP contribution in [0.5, 0.6) is 5.75 Å². The van der Waals surface area contributed by atoms with E-state index in [9.17, 15) is 4.79 Å². The molecule has 6 N–H and O–H groups in total. The van der Waals surface area contributed by atoms with Crippen molar-refractivity contribution in [1.29, 1.82) is 0 Å². The van der Waals surface area contributed by atoms with Gasteiger partial charge >= 0.3 is 0 Å². The lowest BCUT2D eigenvalue weighted by atomic mass is 9.92. The molecule has 36 heavy (non-hydrogen) atoms. The van der Waals surface area contributed by atoms with E-state index < -0.39 is 0 Å². The summed E-state index contributed by atoms with van der Waals surface area (Å²) in [6.07, 6.45) is 1.69. The first kappa shape index (κ1) is 23.4. The Labute approximate surface area is 209 Å². The Kier molecular flexibility index (Phi) is 6.32. The van der Waals surface area contributed by atoms with E-state index in [4.69, 9.17) is 16.2 Å². The summed E-state index contributed by atoms with van der Waals surface area (Å²) in [4.78, 5) is 24.1. The van der Waals surface area contributed by atoms with E-state index in [0.717, 1.165) is 34.9 Å². The Morgan fingerprint density at radius 2 is 1.97 bits per heavy atom. The third-order valence-electron chi connectivity index (χ3n) is 6.76. The van der Waals surface area contributed by atoms with Gasteiger partial charge in [-0.15, -0.1) is 0 Å². The number of hydrogen-bond donors (Lipinski definition) is 4. The summed E-state index contributed by atoms with van der Waals surface area (Å²) in [5.41, 5.74) is 15.4. The van der Waals surface area contributed by atoms with Crippen LogP contribution in [0.4, 0.5) is 17.6 Å². The number of benzene rings is 2. The van der Waals surface area contributed by atoms with Gasteiger partial charge in [0.15, 0.2) is 5.82 Å². The molecule has 3 heterocycles. The van der Waals surface area contributed by atoms with E-state index in [1.807, 2.05) is 48.5 Å². The maximum absolute atomic E-state index is 13.0. The summed E-state index contributed by atoms with van der Waals surface area (Å²) in [6.45, 7) is 3.20. The second-order valence-corrected chi connectivity index (χ2v) is 9.16. The Hall–Kier alpha value is -4.34. The van der Waals surface area contributed by atoms with Crippen molar-refractivity contribution < 1.29 is 9.53 Å². The predicted octanol–water partition coefficient (Wildman–Crippen LogP) is 3.11. The van der Waals surface area contributed by atoms with E-state index in [1.165, 1.54) is 0 Å². The van der Waals surface area contributed by atoms with Crippen molar-refractivity contribution in [2.75, 3.05) is 30.0 Å².